The van der Waals surface area contributed by atoms with Crippen molar-refractivity contribution in [2.24, 2.45) is 10.8 Å². The van der Waals surface area contributed by atoms with Gasteiger partial charge >= 0.3 is 0 Å². The van der Waals surface area contributed by atoms with Crippen LogP contribution in [0.5, 0.6) is 0 Å². The van der Waals surface area contributed by atoms with Gasteiger partial charge in [-0.2, -0.15) is 5.10 Å². The summed E-state index contributed by atoms with van der Waals surface area (Å²) in [6, 6.07) is 18.4. The second kappa shape index (κ2) is 8.65. The van der Waals surface area contributed by atoms with E-state index in [0.717, 1.165) is 57.9 Å². The highest BCUT2D eigenvalue weighted by Crippen LogP contribution is 2.52. The van der Waals surface area contributed by atoms with E-state index in [-0.39, 0.29) is 22.4 Å². The molecule has 0 saturated carbocycles. The van der Waals surface area contributed by atoms with Crippen LogP contribution in [0.2, 0.25) is 0 Å². The third-order valence-corrected chi connectivity index (χ3v) is 8.12. The molecule has 2 aliphatic carbocycles. The van der Waals surface area contributed by atoms with Gasteiger partial charge < -0.3 is 5.32 Å². The topological polar surface area (TPSA) is 64.0 Å². The first kappa shape index (κ1) is 24.6. The van der Waals surface area contributed by atoms with Crippen LogP contribution in [0.1, 0.15) is 70.4 Å². The zero-order valence-corrected chi connectivity index (χ0v) is 22.9. The molecule has 1 aromatic heterocycles. The van der Waals surface area contributed by atoms with Crippen LogP contribution < -0.4 is 5.32 Å². The molecule has 2 heterocycles. The maximum atomic E-state index is 13.8. The van der Waals surface area contributed by atoms with Gasteiger partial charge in [0.2, 0.25) is 0 Å². The number of aryl methyl sites for hydroxylation is 1. The molecule has 0 atom stereocenters. The van der Waals surface area contributed by atoms with E-state index in [1.807, 2.05) is 41.2 Å². The zero-order chi connectivity index (χ0) is 26.8. The fourth-order valence-electron chi connectivity index (χ4n) is 6.45. The molecule has 3 aliphatic rings. The maximum absolute atomic E-state index is 13.8. The van der Waals surface area contributed by atoms with Crippen LogP contribution in [0.3, 0.4) is 0 Å². The van der Waals surface area contributed by atoms with Gasteiger partial charge in [0.15, 0.2) is 11.6 Å². The number of carbonyl (C=O) groups excluding carboxylic acids is 2. The molecule has 1 N–H and O–H groups in total. The molecule has 0 unspecified atom stereocenters. The van der Waals surface area contributed by atoms with Crippen LogP contribution >= 0.6 is 0 Å². The Kier molecular flexibility index (Phi) is 5.60. The molecule has 5 nitrogen and oxygen atoms in total. The van der Waals surface area contributed by atoms with Gasteiger partial charge in [-0.05, 0) is 42.7 Å². The molecule has 2 aromatic carbocycles. The first-order valence-corrected chi connectivity index (χ1v) is 13.5. The van der Waals surface area contributed by atoms with Crippen molar-refractivity contribution >= 4 is 11.6 Å². The molecule has 38 heavy (non-hydrogen) atoms. The number of Topliss-reactive ketones (excluding diaryl/α,β-unsaturated/α-hetero) is 2. The summed E-state index contributed by atoms with van der Waals surface area (Å²) in [7, 11) is 0. The summed E-state index contributed by atoms with van der Waals surface area (Å²) in [5, 5.41) is 8.69. The first-order chi connectivity index (χ1) is 18.0. The number of hydrogen-bond acceptors (Lipinski definition) is 4. The lowest BCUT2D eigenvalue weighted by Gasteiger charge is -2.43. The highest BCUT2D eigenvalue weighted by Gasteiger charge is 2.47. The van der Waals surface area contributed by atoms with Gasteiger partial charge in [-0.3, -0.25) is 9.59 Å². The highest BCUT2D eigenvalue weighted by atomic mass is 16.1. The van der Waals surface area contributed by atoms with Crippen LogP contribution in [0.25, 0.3) is 16.9 Å². The van der Waals surface area contributed by atoms with E-state index in [4.69, 9.17) is 5.10 Å². The standard InChI is InChI=1S/C33H35N3O2/c1-20-11-13-21(14-12-20)31-23(19-36(35-31)22-9-7-6-8-10-22)28-29-24(15-32(2,3)17-26(29)37)34-25-16-33(4,5)18-27(38)30(25)28/h6-14,19,28,34H,15-18H2,1-5H3. The van der Waals surface area contributed by atoms with Crippen molar-refractivity contribution < 1.29 is 9.59 Å². The molecular weight excluding hydrogens is 470 g/mol. The molecule has 0 radical (unpaired) electrons. The van der Waals surface area contributed by atoms with E-state index in [1.54, 1.807) is 0 Å². The van der Waals surface area contributed by atoms with E-state index in [1.165, 1.54) is 5.56 Å². The molecule has 3 aromatic rings. The number of ketones is 2. The van der Waals surface area contributed by atoms with Crippen molar-refractivity contribution in [3.05, 3.63) is 94.5 Å². The quantitative estimate of drug-likeness (QED) is 0.424. The Morgan fingerprint density at radius 2 is 1.34 bits per heavy atom. The second-order valence-electron chi connectivity index (χ2n) is 12.8. The molecule has 0 saturated heterocycles. The van der Waals surface area contributed by atoms with Gasteiger partial charge in [0.05, 0.1) is 11.4 Å². The van der Waals surface area contributed by atoms with Crippen molar-refractivity contribution in [2.45, 2.75) is 66.2 Å². The fourth-order valence-corrected chi connectivity index (χ4v) is 6.45. The van der Waals surface area contributed by atoms with E-state index in [0.29, 0.717) is 12.8 Å². The molecule has 0 spiro atoms. The Morgan fingerprint density at radius 3 is 1.89 bits per heavy atom. The van der Waals surface area contributed by atoms with Gasteiger partial charge in [-0.25, -0.2) is 4.68 Å². The minimum absolute atomic E-state index is 0.125. The molecule has 194 valence electrons. The highest BCUT2D eigenvalue weighted by molar-refractivity contribution is 6.07. The lowest BCUT2D eigenvalue weighted by molar-refractivity contribution is -0.119. The van der Waals surface area contributed by atoms with Gasteiger partial charge in [-0.15, -0.1) is 0 Å². The summed E-state index contributed by atoms with van der Waals surface area (Å²) >= 11 is 0. The Labute approximate surface area is 224 Å². The van der Waals surface area contributed by atoms with Gasteiger partial charge in [0.25, 0.3) is 0 Å². The molecular formula is C33H35N3O2. The monoisotopic (exact) mass is 505 g/mol. The molecule has 1 aliphatic heterocycles. The number of nitrogens with zero attached hydrogens (tertiary/aromatic N) is 2. The van der Waals surface area contributed by atoms with Gasteiger partial charge in [-0.1, -0.05) is 75.7 Å². The number of allylic oxidation sites excluding steroid dienone is 4. The number of hydrogen-bond donors (Lipinski definition) is 1. The van der Waals surface area contributed by atoms with E-state index < -0.39 is 5.92 Å². The molecule has 6 rings (SSSR count). The third kappa shape index (κ3) is 4.24. The Balaban J connectivity index is 1.62. The lowest BCUT2D eigenvalue weighted by atomic mass is 9.64. The van der Waals surface area contributed by atoms with Crippen LogP contribution in [0, 0.1) is 17.8 Å². The zero-order valence-electron chi connectivity index (χ0n) is 22.9. The summed E-state index contributed by atoms with van der Waals surface area (Å²) in [6.45, 7) is 10.7. The number of benzene rings is 2. The smallest absolute Gasteiger partial charge is 0.162 e. The predicted octanol–water partition coefficient (Wildman–Crippen LogP) is 6.82. The third-order valence-electron chi connectivity index (χ3n) is 8.12. The Morgan fingerprint density at radius 1 is 0.789 bits per heavy atom. The Bertz CT molecular complexity index is 1470. The van der Waals surface area contributed by atoms with Crippen LogP contribution in [-0.4, -0.2) is 21.3 Å². The average Bonchev–Trinajstić information content (AvgIpc) is 3.27. The van der Waals surface area contributed by atoms with Crippen molar-refractivity contribution in [2.75, 3.05) is 0 Å². The summed E-state index contributed by atoms with van der Waals surface area (Å²) in [5.74, 6) is -0.178. The lowest BCUT2D eigenvalue weighted by Crippen LogP contribution is -2.42. The summed E-state index contributed by atoms with van der Waals surface area (Å²) in [5.41, 5.74) is 8.01. The molecule has 0 bridgehead atoms. The van der Waals surface area contributed by atoms with Crippen molar-refractivity contribution in [1.82, 2.24) is 15.1 Å². The minimum atomic E-state index is -0.429. The van der Waals surface area contributed by atoms with Crippen LogP contribution in [-0.2, 0) is 9.59 Å². The molecule has 5 heteroatoms. The van der Waals surface area contributed by atoms with Crippen LogP contribution in [0.4, 0.5) is 0 Å². The average molecular weight is 506 g/mol. The van der Waals surface area contributed by atoms with E-state index in [2.05, 4.69) is 64.2 Å². The van der Waals surface area contributed by atoms with Gasteiger partial charge in [0, 0.05) is 58.6 Å². The normalized spacial score (nSPS) is 20.8. The number of dihydropyridines is 1. The maximum Gasteiger partial charge on any atom is 0.162 e. The van der Waals surface area contributed by atoms with Crippen molar-refractivity contribution in [3.8, 4) is 16.9 Å². The van der Waals surface area contributed by atoms with E-state index >= 15 is 0 Å². The number of para-hydroxylation sites is 1. The minimum Gasteiger partial charge on any atom is -0.362 e. The summed E-state index contributed by atoms with van der Waals surface area (Å²) < 4.78 is 1.89. The van der Waals surface area contributed by atoms with Gasteiger partial charge in [0.1, 0.15) is 0 Å². The van der Waals surface area contributed by atoms with Crippen molar-refractivity contribution in [1.29, 1.82) is 0 Å². The summed E-state index contributed by atoms with van der Waals surface area (Å²) in [6.07, 6.45) is 4.54. The first-order valence-electron chi connectivity index (χ1n) is 13.5. The number of carbonyl (C=O) groups is 2. The molecule has 0 amide bonds. The van der Waals surface area contributed by atoms with Crippen molar-refractivity contribution in [3.63, 3.8) is 0 Å². The predicted molar refractivity (Wildman–Crippen MR) is 150 cm³/mol. The SMILES string of the molecule is Cc1ccc(-c2nn(-c3ccccc3)cc2C2C3=C(CC(C)(C)CC3=O)NC3=C2C(=O)CC(C)(C)C3)cc1. The van der Waals surface area contributed by atoms with Crippen LogP contribution in [0.15, 0.2) is 83.3 Å². The van der Waals surface area contributed by atoms with E-state index in [9.17, 15) is 9.59 Å². The second-order valence-corrected chi connectivity index (χ2v) is 12.8. The molecule has 0 fully saturated rings. The number of rotatable bonds is 3. The Hall–Kier alpha value is -3.73. The largest absolute Gasteiger partial charge is 0.362 e. The fraction of sp³-hybridized carbons (Fsp3) is 0.364. The number of aromatic nitrogens is 2. The summed E-state index contributed by atoms with van der Waals surface area (Å²) in [4.78, 5) is 27.7. The number of nitrogens with one attached hydrogen (secondary N) is 1.